The van der Waals surface area contributed by atoms with Crippen LogP contribution in [0.3, 0.4) is 0 Å². The van der Waals surface area contributed by atoms with E-state index < -0.39 is 24.3 Å². The van der Waals surface area contributed by atoms with Gasteiger partial charge in [0.15, 0.2) is 0 Å². The van der Waals surface area contributed by atoms with Crippen molar-refractivity contribution in [2.45, 2.75) is 12.4 Å². The first kappa shape index (κ1) is 30.5. The number of fused-ring (bicyclic) bond motifs is 1. The Labute approximate surface area is 215 Å². The molecule has 0 saturated carbocycles. The number of piperazine rings is 1. The molecule has 1 saturated heterocycles. The molecule has 39 heavy (non-hydrogen) atoms. The Hall–Kier alpha value is -4.70. The summed E-state index contributed by atoms with van der Waals surface area (Å²) in [5, 5.41) is 26.1. The first-order valence-electron chi connectivity index (χ1n) is 10.6. The number of alkyl halides is 6. The smallest absolute Gasteiger partial charge is 0.475 e. The van der Waals surface area contributed by atoms with Crippen LogP contribution in [0.2, 0.25) is 0 Å². The van der Waals surface area contributed by atoms with Crippen molar-refractivity contribution >= 4 is 39.9 Å². The Kier molecular flexibility index (Phi) is 9.94. The van der Waals surface area contributed by atoms with Gasteiger partial charge in [-0.25, -0.2) is 9.59 Å². The highest BCUT2D eigenvalue weighted by Crippen LogP contribution is 2.32. The lowest BCUT2D eigenvalue weighted by atomic mass is 10.1. The van der Waals surface area contributed by atoms with E-state index in [1.165, 1.54) is 5.69 Å². The van der Waals surface area contributed by atoms with Crippen molar-refractivity contribution in [1.29, 1.82) is 0 Å². The lowest BCUT2D eigenvalue weighted by Gasteiger charge is -2.37. The second kappa shape index (κ2) is 12.7. The van der Waals surface area contributed by atoms with Crippen LogP contribution in [0.1, 0.15) is 0 Å². The second-order valence-corrected chi connectivity index (χ2v) is 7.55. The van der Waals surface area contributed by atoms with E-state index in [0.29, 0.717) is 10.9 Å². The molecular weight excluding hydrogens is 544 g/mol. The zero-order chi connectivity index (χ0) is 29.4. The molecule has 1 fully saturated rings. The molecule has 0 spiro atoms. The summed E-state index contributed by atoms with van der Waals surface area (Å²) < 4.78 is 63.5. The van der Waals surface area contributed by atoms with Gasteiger partial charge in [-0.2, -0.15) is 26.3 Å². The number of aromatic nitrogens is 2. The lowest BCUT2D eigenvalue weighted by molar-refractivity contribution is -0.383. The standard InChI is InChI=1S/C18H17N5O2.2C2HF3O2/c24-23(25)16-3-4-17(18-15(16)2-1-7-20-18)22-12-10-21(11-13-22)14-5-8-19-9-6-14;2*3-2(4,5)1(6)7/h1-9H,10-13H2;2*(H,6,7). The Morgan fingerprint density at radius 3 is 1.77 bits per heavy atom. The molecule has 0 aliphatic carbocycles. The molecule has 0 bridgehead atoms. The third kappa shape index (κ3) is 8.68. The van der Waals surface area contributed by atoms with E-state index in [-0.39, 0.29) is 10.6 Å². The molecule has 4 rings (SSSR count). The predicted octanol–water partition coefficient (Wildman–Crippen LogP) is 4.13. The van der Waals surface area contributed by atoms with Crippen LogP contribution >= 0.6 is 0 Å². The highest BCUT2D eigenvalue weighted by atomic mass is 19.4. The minimum absolute atomic E-state index is 0.0993. The van der Waals surface area contributed by atoms with E-state index in [2.05, 4.69) is 19.8 Å². The average molecular weight is 563 g/mol. The van der Waals surface area contributed by atoms with Gasteiger partial charge in [-0.15, -0.1) is 0 Å². The fourth-order valence-corrected chi connectivity index (χ4v) is 3.32. The summed E-state index contributed by atoms with van der Waals surface area (Å²) in [6.45, 7) is 3.45. The van der Waals surface area contributed by atoms with Gasteiger partial charge in [-0.05, 0) is 30.3 Å². The van der Waals surface area contributed by atoms with Crippen molar-refractivity contribution in [3.05, 3.63) is 65.1 Å². The molecule has 0 radical (unpaired) electrons. The van der Waals surface area contributed by atoms with Crippen molar-refractivity contribution in [2.75, 3.05) is 36.0 Å². The SMILES string of the molecule is O=C(O)C(F)(F)F.O=C(O)C(F)(F)F.O=[N+]([O-])c1ccc(N2CCN(c3ccncc3)CC2)c2ncccc12. The first-order chi connectivity index (χ1) is 18.1. The number of hydrogen-bond acceptors (Lipinski definition) is 8. The highest BCUT2D eigenvalue weighted by molar-refractivity contribution is 5.97. The zero-order valence-corrected chi connectivity index (χ0v) is 19.6. The molecule has 1 aliphatic heterocycles. The maximum atomic E-state index is 11.3. The number of carbonyl (C=O) groups is 2. The summed E-state index contributed by atoms with van der Waals surface area (Å²) in [6, 6.07) is 10.9. The van der Waals surface area contributed by atoms with Gasteiger partial charge in [-0.1, -0.05) is 0 Å². The van der Waals surface area contributed by atoms with Crippen molar-refractivity contribution in [1.82, 2.24) is 9.97 Å². The van der Waals surface area contributed by atoms with E-state index in [0.717, 1.165) is 31.9 Å². The quantitative estimate of drug-likeness (QED) is 0.271. The highest BCUT2D eigenvalue weighted by Gasteiger charge is 2.38. The Bertz CT molecular complexity index is 1270. The van der Waals surface area contributed by atoms with Gasteiger partial charge in [0.1, 0.15) is 5.52 Å². The first-order valence-corrected chi connectivity index (χ1v) is 10.6. The fourth-order valence-electron chi connectivity index (χ4n) is 3.32. The van der Waals surface area contributed by atoms with Crippen molar-refractivity contribution in [3.63, 3.8) is 0 Å². The summed E-state index contributed by atoms with van der Waals surface area (Å²) in [5.41, 5.74) is 2.91. The molecule has 0 amide bonds. The van der Waals surface area contributed by atoms with Crippen molar-refractivity contribution in [2.24, 2.45) is 0 Å². The number of anilines is 2. The van der Waals surface area contributed by atoms with Crippen LogP contribution in [0, 0.1) is 10.1 Å². The molecule has 1 aliphatic rings. The van der Waals surface area contributed by atoms with Crippen LogP contribution in [-0.4, -0.2) is 75.6 Å². The van der Waals surface area contributed by atoms with Crippen LogP contribution in [0.25, 0.3) is 10.9 Å². The largest absolute Gasteiger partial charge is 0.490 e. The minimum Gasteiger partial charge on any atom is -0.475 e. The Morgan fingerprint density at radius 1 is 0.821 bits per heavy atom. The number of carboxylic acids is 2. The summed E-state index contributed by atoms with van der Waals surface area (Å²) in [4.78, 5) is 41.7. The number of non-ortho nitro benzene ring substituents is 1. The number of benzene rings is 1. The maximum Gasteiger partial charge on any atom is 0.490 e. The fraction of sp³-hybridized carbons (Fsp3) is 0.273. The molecule has 11 nitrogen and oxygen atoms in total. The van der Waals surface area contributed by atoms with Gasteiger partial charge in [0.05, 0.1) is 16.0 Å². The van der Waals surface area contributed by atoms with E-state index in [1.807, 2.05) is 18.2 Å². The Balaban J connectivity index is 0.000000317. The number of nitrogens with zero attached hydrogens (tertiary/aromatic N) is 5. The third-order valence-electron chi connectivity index (χ3n) is 5.06. The summed E-state index contributed by atoms with van der Waals surface area (Å²) >= 11 is 0. The number of pyridine rings is 2. The summed E-state index contributed by atoms with van der Waals surface area (Å²) in [7, 11) is 0. The van der Waals surface area contributed by atoms with Gasteiger partial charge in [-0.3, -0.25) is 20.1 Å². The van der Waals surface area contributed by atoms with Crippen LogP contribution in [0.15, 0.2) is 55.0 Å². The monoisotopic (exact) mass is 563 g/mol. The van der Waals surface area contributed by atoms with Crippen LogP contribution in [-0.2, 0) is 9.59 Å². The normalized spacial score (nSPS) is 13.5. The molecule has 0 unspecified atom stereocenters. The van der Waals surface area contributed by atoms with E-state index in [4.69, 9.17) is 19.8 Å². The summed E-state index contributed by atoms with van der Waals surface area (Å²) in [5.74, 6) is -5.51. The van der Waals surface area contributed by atoms with Crippen LogP contribution in [0.5, 0.6) is 0 Å². The second-order valence-electron chi connectivity index (χ2n) is 7.55. The molecule has 210 valence electrons. The Morgan fingerprint density at radius 2 is 1.31 bits per heavy atom. The number of nitro benzene ring substituents is 1. The third-order valence-corrected chi connectivity index (χ3v) is 5.06. The molecular formula is C22H19F6N5O6. The molecule has 2 aromatic heterocycles. The molecule has 1 aromatic carbocycles. The van der Waals surface area contributed by atoms with E-state index in [9.17, 15) is 36.5 Å². The van der Waals surface area contributed by atoms with Crippen LogP contribution in [0.4, 0.5) is 43.4 Å². The van der Waals surface area contributed by atoms with Crippen LogP contribution < -0.4 is 9.80 Å². The number of nitro groups is 1. The van der Waals surface area contributed by atoms with Gasteiger partial charge < -0.3 is 20.0 Å². The van der Waals surface area contributed by atoms with Crippen molar-refractivity contribution in [3.8, 4) is 0 Å². The molecule has 2 N–H and O–H groups in total. The van der Waals surface area contributed by atoms with Gasteiger partial charge >= 0.3 is 24.3 Å². The van der Waals surface area contributed by atoms with Gasteiger partial charge in [0.25, 0.3) is 5.69 Å². The zero-order valence-electron chi connectivity index (χ0n) is 19.6. The number of aliphatic carboxylic acids is 2. The number of carboxylic acid groups (broad SMARTS) is 2. The average Bonchev–Trinajstić information content (AvgIpc) is 2.88. The molecule has 17 heteroatoms. The maximum absolute atomic E-state index is 11.3. The minimum atomic E-state index is -5.08. The molecule has 3 aromatic rings. The number of halogens is 6. The van der Waals surface area contributed by atoms with Gasteiger partial charge in [0, 0.05) is 56.5 Å². The van der Waals surface area contributed by atoms with Crippen molar-refractivity contribution < 1.29 is 51.1 Å². The van der Waals surface area contributed by atoms with Gasteiger partial charge in [0.2, 0.25) is 0 Å². The number of hydrogen-bond donors (Lipinski definition) is 2. The molecule has 3 heterocycles. The summed E-state index contributed by atoms with van der Waals surface area (Å²) in [6.07, 6.45) is -4.88. The topological polar surface area (TPSA) is 150 Å². The van der Waals surface area contributed by atoms with E-state index >= 15 is 0 Å². The lowest BCUT2D eigenvalue weighted by Crippen LogP contribution is -2.46. The number of rotatable bonds is 3. The molecule has 0 atom stereocenters. The van der Waals surface area contributed by atoms with E-state index in [1.54, 1.807) is 36.8 Å². The predicted molar refractivity (Wildman–Crippen MR) is 124 cm³/mol.